The van der Waals surface area contributed by atoms with E-state index in [0.29, 0.717) is 25.4 Å². The predicted molar refractivity (Wildman–Crippen MR) is 61.9 cm³/mol. The van der Waals surface area contributed by atoms with E-state index in [2.05, 4.69) is 13.8 Å². The number of Topliss-reactive ketones (excluding diaryl/α,β-unsaturated/α-hetero) is 1. The third-order valence-electron chi connectivity index (χ3n) is 3.43. The van der Waals surface area contributed by atoms with Gasteiger partial charge in [-0.25, -0.2) is 0 Å². The Hall–Kier alpha value is -0.370. The smallest absolute Gasteiger partial charge is 0.140 e. The van der Waals surface area contributed by atoms with Crippen molar-refractivity contribution in [1.29, 1.82) is 0 Å². The number of carbonyl (C=O) groups is 1. The first kappa shape index (κ1) is 12.7. The van der Waals surface area contributed by atoms with E-state index >= 15 is 0 Å². The number of unbranched alkanes of at least 4 members (excludes halogenated alkanes) is 1. The molecule has 1 aliphatic heterocycles. The summed E-state index contributed by atoms with van der Waals surface area (Å²) in [6.07, 6.45) is 6.71. The highest BCUT2D eigenvalue weighted by Gasteiger charge is 2.25. The molecule has 1 aliphatic rings. The molecule has 0 aliphatic carbocycles. The van der Waals surface area contributed by atoms with Crippen molar-refractivity contribution in [2.75, 3.05) is 13.2 Å². The fourth-order valence-electron chi connectivity index (χ4n) is 2.28. The number of rotatable bonds is 6. The van der Waals surface area contributed by atoms with Gasteiger partial charge >= 0.3 is 0 Å². The summed E-state index contributed by atoms with van der Waals surface area (Å²) >= 11 is 0. The van der Waals surface area contributed by atoms with Crippen LogP contribution in [0.2, 0.25) is 0 Å². The van der Waals surface area contributed by atoms with Crippen LogP contribution in [-0.4, -0.2) is 19.0 Å². The van der Waals surface area contributed by atoms with Crippen molar-refractivity contribution >= 4 is 5.78 Å². The summed E-state index contributed by atoms with van der Waals surface area (Å²) in [5, 5.41) is 0. The lowest BCUT2D eigenvalue weighted by molar-refractivity contribution is -0.131. The second-order valence-corrected chi connectivity index (χ2v) is 4.64. The van der Waals surface area contributed by atoms with E-state index in [1.807, 2.05) is 0 Å². The summed E-state index contributed by atoms with van der Waals surface area (Å²) in [4.78, 5) is 11.6. The van der Waals surface area contributed by atoms with E-state index in [4.69, 9.17) is 4.74 Å². The van der Waals surface area contributed by atoms with Crippen LogP contribution in [-0.2, 0) is 9.53 Å². The van der Waals surface area contributed by atoms with Gasteiger partial charge in [-0.1, -0.05) is 39.5 Å². The summed E-state index contributed by atoms with van der Waals surface area (Å²) in [6.45, 7) is 5.76. The molecule has 0 aromatic carbocycles. The maximum Gasteiger partial charge on any atom is 0.140 e. The lowest BCUT2D eigenvalue weighted by Gasteiger charge is -2.25. The van der Waals surface area contributed by atoms with Gasteiger partial charge in [-0.3, -0.25) is 4.79 Å². The Morgan fingerprint density at radius 1 is 1.47 bits per heavy atom. The molecule has 0 radical (unpaired) electrons. The summed E-state index contributed by atoms with van der Waals surface area (Å²) in [5.74, 6) is 1.34. The maximum atomic E-state index is 11.6. The van der Waals surface area contributed by atoms with Gasteiger partial charge in [-0.05, 0) is 12.3 Å². The molecule has 0 bridgehead atoms. The molecule has 2 heteroatoms. The van der Waals surface area contributed by atoms with Crippen LogP contribution in [0.3, 0.4) is 0 Å². The van der Waals surface area contributed by atoms with Gasteiger partial charge in [0.1, 0.15) is 5.78 Å². The van der Waals surface area contributed by atoms with Crippen LogP contribution in [0.5, 0.6) is 0 Å². The molecule has 1 rings (SSSR count). The Bertz CT molecular complexity index is 189. The van der Waals surface area contributed by atoms with Gasteiger partial charge in [0.05, 0.1) is 13.2 Å². The quantitative estimate of drug-likeness (QED) is 0.676. The molecule has 88 valence electrons. The van der Waals surface area contributed by atoms with Crippen LogP contribution < -0.4 is 0 Å². The normalized spacial score (nSPS) is 24.1. The summed E-state index contributed by atoms with van der Waals surface area (Å²) in [7, 11) is 0. The second-order valence-electron chi connectivity index (χ2n) is 4.64. The Morgan fingerprint density at radius 3 is 2.87 bits per heavy atom. The number of ketones is 1. The zero-order chi connectivity index (χ0) is 11.1. The van der Waals surface area contributed by atoms with Gasteiger partial charge in [0.15, 0.2) is 0 Å². The standard InChI is InChI=1S/C13H24O2/c1-3-5-6-11(4-2)9-12-10-15-8-7-13(12)14/h11-12H,3-10H2,1-2H3. The first-order chi connectivity index (χ1) is 7.27. The topological polar surface area (TPSA) is 26.3 Å². The fourth-order valence-corrected chi connectivity index (χ4v) is 2.28. The molecule has 0 amide bonds. The molecule has 1 saturated heterocycles. The fraction of sp³-hybridized carbons (Fsp3) is 0.923. The van der Waals surface area contributed by atoms with Crippen molar-refractivity contribution in [1.82, 2.24) is 0 Å². The van der Waals surface area contributed by atoms with Crippen LogP contribution in [0.1, 0.15) is 52.4 Å². The molecule has 0 aromatic heterocycles. The van der Waals surface area contributed by atoms with Crippen molar-refractivity contribution in [3.63, 3.8) is 0 Å². The molecular weight excluding hydrogens is 188 g/mol. The molecule has 2 atom stereocenters. The van der Waals surface area contributed by atoms with E-state index in [1.54, 1.807) is 0 Å². The minimum Gasteiger partial charge on any atom is -0.380 e. The molecule has 2 unspecified atom stereocenters. The van der Waals surface area contributed by atoms with Crippen molar-refractivity contribution in [2.45, 2.75) is 52.4 Å². The van der Waals surface area contributed by atoms with E-state index in [9.17, 15) is 4.79 Å². The van der Waals surface area contributed by atoms with Crippen molar-refractivity contribution in [3.05, 3.63) is 0 Å². The first-order valence-electron chi connectivity index (χ1n) is 6.38. The van der Waals surface area contributed by atoms with E-state index < -0.39 is 0 Å². The van der Waals surface area contributed by atoms with E-state index in [-0.39, 0.29) is 5.92 Å². The monoisotopic (exact) mass is 212 g/mol. The summed E-state index contributed by atoms with van der Waals surface area (Å²) < 4.78 is 5.38. The molecule has 2 nitrogen and oxygen atoms in total. The van der Waals surface area contributed by atoms with Crippen LogP contribution in [0.15, 0.2) is 0 Å². The molecule has 1 heterocycles. The SMILES string of the molecule is CCCCC(CC)CC1COCCC1=O. The predicted octanol–water partition coefficient (Wildman–Crippen LogP) is 3.20. The zero-order valence-corrected chi connectivity index (χ0v) is 10.1. The third kappa shape index (κ3) is 4.33. The third-order valence-corrected chi connectivity index (χ3v) is 3.43. The van der Waals surface area contributed by atoms with Crippen molar-refractivity contribution in [2.24, 2.45) is 11.8 Å². The van der Waals surface area contributed by atoms with Crippen LogP contribution in [0, 0.1) is 11.8 Å². The first-order valence-corrected chi connectivity index (χ1v) is 6.38. The molecule has 0 spiro atoms. The summed E-state index contributed by atoms with van der Waals surface area (Å²) in [5.41, 5.74) is 0. The Morgan fingerprint density at radius 2 is 2.27 bits per heavy atom. The Balaban J connectivity index is 2.32. The second kappa shape index (κ2) is 7.00. The van der Waals surface area contributed by atoms with Gasteiger partial charge in [-0.15, -0.1) is 0 Å². The Kier molecular flexibility index (Phi) is 5.92. The lowest BCUT2D eigenvalue weighted by Crippen LogP contribution is -2.29. The van der Waals surface area contributed by atoms with Gasteiger partial charge < -0.3 is 4.74 Å². The minimum absolute atomic E-state index is 0.195. The Labute approximate surface area is 93.4 Å². The van der Waals surface area contributed by atoms with E-state index in [0.717, 1.165) is 12.3 Å². The average molecular weight is 212 g/mol. The zero-order valence-electron chi connectivity index (χ0n) is 10.1. The molecule has 0 aromatic rings. The van der Waals surface area contributed by atoms with Gasteiger partial charge in [0, 0.05) is 12.3 Å². The van der Waals surface area contributed by atoms with Gasteiger partial charge in [-0.2, -0.15) is 0 Å². The average Bonchev–Trinajstić information content (AvgIpc) is 2.26. The highest BCUT2D eigenvalue weighted by molar-refractivity contribution is 5.81. The van der Waals surface area contributed by atoms with Crippen molar-refractivity contribution in [3.8, 4) is 0 Å². The van der Waals surface area contributed by atoms with Crippen LogP contribution >= 0.6 is 0 Å². The van der Waals surface area contributed by atoms with Gasteiger partial charge in [0.2, 0.25) is 0 Å². The number of carbonyl (C=O) groups excluding carboxylic acids is 1. The maximum absolute atomic E-state index is 11.6. The highest BCUT2D eigenvalue weighted by atomic mass is 16.5. The molecule has 0 N–H and O–H groups in total. The molecule has 0 saturated carbocycles. The largest absolute Gasteiger partial charge is 0.380 e. The number of ether oxygens (including phenoxy) is 1. The minimum atomic E-state index is 0.195. The van der Waals surface area contributed by atoms with Gasteiger partial charge in [0.25, 0.3) is 0 Å². The van der Waals surface area contributed by atoms with Crippen LogP contribution in [0.4, 0.5) is 0 Å². The van der Waals surface area contributed by atoms with Crippen molar-refractivity contribution < 1.29 is 9.53 Å². The van der Waals surface area contributed by atoms with E-state index in [1.165, 1.54) is 25.7 Å². The molecule has 1 fully saturated rings. The highest BCUT2D eigenvalue weighted by Crippen LogP contribution is 2.24. The lowest BCUT2D eigenvalue weighted by atomic mass is 9.85. The summed E-state index contributed by atoms with van der Waals surface area (Å²) in [6, 6.07) is 0. The number of hydrogen-bond acceptors (Lipinski definition) is 2. The molecule has 15 heavy (non-hydrogen) atoms. The van der Waals surface area contributed by atoms with Crippen LogP contribution in [0.25, 0.3) is 0 Å². The molecular formula is C13H24O2. The number of hydrogen-bond donors (Lipinski definition) is 0.